The Hall–Kier alpha value is -2.00. The number of aromatic nitrogens is 4. The van der Waals surface area contributed by atoms with Crippen molar-refractivity contribution in [2.45, 2.75) is 32.4 Å². The highest BCUT2D eigenvalue weighted by molar-refractivity contribution is 7.53. The SMILES string of the molecule is CCOP(=O)(CO[C@@H]1C=C[C@H](n2cnc3c(=O)[nH]c(N)nc32)C1)OCC. The first-order valence-corrected chi connectivity index (χ1v) is 10.1. The molecule has 2 aromatic rings. The molecule has 0 aromatic carbocycles. The third-order valence-corrected chi connectivity index (χ3v) is 5.70. The Morgan fingerprint density at radius 3 is 2.77 bits per heavy atom. The van der Waals surface area contributed by atoms with Crippen LogP contribution in [0.5, 0.6) is 0 Å². The van der Waals surface area contributed by atoms with E-state index in [1.54, 1.807) is 24.7 Å². The molecule has 26 heavy (non-hydrogen) atoms. The van der Waals surface area contributed by atoms with Gasteiger partial charge in [-0.05, 0) is 13.8 Å². The third kappa shape index (κ3) is 3.88. The first-order chi connectivity index (χ1) is 12.5. The van der Waals surface area contributed by atoms with Crippen LogP contribution >= 0.6 is 7.60 Å². The number of imidazole rings is 1. The van der Waals surface area contributed by atoms with Gasteiger partial charge in [0.25, 0.3) is 5.56 Å². The number of nitrogens with zero attached hydrogens (tertiary/aromatic N) is 3. The Kier molecular flexibility index (Phi) is 5.57. The predicted molar refractivity (Wildman–Crippen MR) is 96.0 cm³/mol. The molecule has 1 aliphatic rings. The quantitative estimate of drug-likeness (QED) is 0.521. The number of hydrogen-bond donors (Lipinski definition) is 2. The highest BCUT2D eigenvalue weighted by Gasteiger charge is 2.29. The Balaban J connectivity index is 1.69. The lowest BCUT2D eigenvalue weighted by molar-refractivity contribution is 0.0898. The Morgan fingerprint density at radius 1 is 1.35 bits per heavy atom. The van der Waals surface area contributed by atoms with Crippen molar-refractivity contribution in [3.05, 3.63) is 28.8 Å². The maximum Gasteiger partial charge on any atom is 0.356 e. The second kappa shape index (κ2) is 7.71. The first-order valence-electron chi connectivity index (χ1n) is 8.36. The van der Waals surface area contributed by atoms with Crippen LogP contribution in [0.15, 0.2) is 23.3 Å². The van der Waals surface area contributed by atoms with Gasteiger partial charge in [0.2, 0.25) is 5.95 Å². The van der Waals surface area contributed by atoms with Crippen LogP contribution in [-0.4, -0.2) is 45.2 Å². The molecule has 0 fully saturated rings. The smallest absolute Gasteiger partial charge is 0.356 e. The monoisotopic (exact) mass is 383 g/mol. The zero-order chi connectivity index (χ0) is 18.7. The number of rotatable bonds is 8. The number of anilines is 1. The van der Waals surface area contributed by atoms with Gasteiger partial charge < -0.3 is 24.1 Å². The van der Waals surface area contributed by atoms with E-state index in [1.807, 2.05) is 12.2 Å². The molecule has 2 heterocycles. The number of aromatic amines is 1. The highest BCUT2D eigenvalue weighted by atomic mass is 31.2. The Morgan fingerprint density at radius 2 is 2.08 bits per heavy atom. The van der Waals surface area contributed by atoms with E-state index in [4.69, 9.17) is 19.5 Å². The standard InChI is InChI=1S/C15H22N5O5P/c1-3-24-26(22,25-4-2)9-23-11-6-5-10(7-11)20-8-17-12-13(20)18-15(16)19-14(12)21/h5-6,8,10-11H,3-4,7,9H2,1-2H3,(H3,16,18,19,21)/t10-,11+/m0/s1. The van der Waals surface area contributed by atoms with E-state index in [0.717, 1.165) is 0 Å². The van der Waals surface area contributed by atoms with Crippen molar-refractivity contribution < 1.29 is 18.3 Å². The lowest BCUT2D eigenvalue weighted by Crippen LogP contribution is -2.15. The molecule has 0 amide bonds. The van der Waals surface area contributed by atoms with Crippen molar-refractivity contribution in [2.24, 2.45) is 0 Å². The first kappa shape index (κ1) is 18.8. The molecule has 0 radical (unpaired) electrons. The van der Waals surface area contributed by atoms with Gasteiger partial charge in [0.15, 0.2) is 11.2 Å². The number of allylic oxidation sites excluding steroid dienone is 1. The maximum absolute atomic E-state index is 12.5. The van der Waals surface area contributed by atoms with E-state index in [1.165, 1.54) is 0 Å². The summed E-state index contributed by atoms with van der Waals surface area (Å²) in [6.07, 6.45) is 5.55. The number of H-pyrrole nitrogens is 1. The second-order valence-electron chi connectivity index (χ2n) is 5.74. The van der Waals surface area contributed by atoms with Gasteiger partial charge in [-0.3, -0.25) is 14.3 Å². The summed E-state index contributed by atoms with van der Waals surface area (Å²) >= 11 is 0. The average Bonchev–Trinajstić information content (AvgIpc) is 3.20. The van der Waals surface area contributed by atoms with Gasteiger partial charge in [0.05, 0.1) is 31.7 Å². The van der Waals surface area contributed by atoms with Crippen LogP contribution in [0.1, 0.15) is 26.3 Å². The molecule has 11 heteroatoms. The van der Waals surface area contributed by atoms with Crippen LogP contribution < -0.4 is 11.3 Å². The maximum atomic E-state index is 12.5. The minimum Gasteiger partial charge on any atom is -0.369 e. The average molecular weight is 383 g/mol. The van der Waals surface area contributed by atoms with Gasteiger partial charge in [-0.1, -0.05) is 12.2 Å². The summed E-state index contributed by atoms with van der Waals surface area (Å²) < 4.78 is 30.4. The van der Waals surface area contributed by atoms with E-state index >= 15 is 0 Å². The molecule has 0 saturated heterocycles. The molecule has 142 valence electrons. The minimum atomic E-state index is -3.25. The molecule has 0 unspecified atom stereocenters. The fraction of sp³-hybridized carbons (Fsp3) is 0.533. The van der Waals surface area contributed by atoms with Crippen molar-refractivity contribution in [3.8, 4) is 0 Å². The van der Waals surface area contributed by atoms with Crippen LogP contribution in [0.25, 0.3) is 11.2 Å². The summed E-state index contributed by atoms with van der Waals surface area (Å²) in [4.78, 5) is 22.6. The zero-order valence-electron chi connectivity index (χ0n) is 14.6. The van der Waals surface area contributed by atoms with E-state index in [9.17, 15) is 9.36 Å². The fourth-order valence-corrected chi connectivity index (χ4v) is 4.24. The molecular formula is C15H22N5O5P. The topological polar surface area (TPSA) is 134 Å². The number of nitrogens with one attached hydrogen (secondary N) is 1. The van der Waals surface area contributed by atoms with Crippen LogP contribution in [0.2, 0.25) is 0 Å². The van der Waals surface area contributed by atoms with Crippen LogP contribution in [0, 0.1) is 0 Å². The number of fused-ring (bicyclic) bond motifs is 1. The number of nitrogens with two attached hydrogens (primary N) is 1. The molecule has 2 aromatic heterocycles. The molecule has 1 aliphatic carbocycles. The van der Waals surface area contributed by atoms with Gasteiger partial charge >= 0.3 is 7.60 Å². The minimum absolute atomic E-state index is 0.0355. The number of nitrogen functional groups attached to an aromatic ring is 1. The normalized spacial score (nSPS) is 20.2. The van der Waals surface area contributed by atoms with Gasteiger partial charge in [-0.2, -0.15) is 4.98 Å². The molecule has 3 rings (SSSR count). The summed E-state index contributed by atoms with van der Waals surface area (Å²) in [5.41, 5.74) is 5.89. The summed E-state index contributed by atoms with van der Waals surface area (Å²) in [6, 6.07) is -0.0997. The number of hydrogen-bond acceptors (Lipinski definition) is 8. The van der Waals surface area contributed by atoms with Crippen LogP contribution in [0.3, 0.4) is 0 Å². The molecular weight excluding hydrogens is 361 g/mol. The van der Waals surface area contributed by atoms with Crippen LogP contribution in [-0.2, 0) is 18.3 Å². The summed E-state index contributed by atoms with van der Waals surface area (Å²) in [6.45, 7) is 4.07. The summed E-state index contributed by atoms with van der Waals surface area (Å²) in [5, 5.41) is 0. The van der Waals surface area contributed by atoms with Crippen molar-refractivity contribution >= 4 is 24.7 Å². The van der Waals surface area contributed by atoms with Gasteiger partial charge in [-0.25, -0.2) is 4.98 Å². The molecule has 2 atom stereocenters. The van der Waals surface area contributed by atoms with Gasteiger partial charge in [-0.15, -0.1) is 0 Å². The zero-order valence-corrected chi connectivity index (χ0v) is 15.5. The van der Waals surface area contributed by atoms with Crippen molar-refractivity contribution in [1.29, 1.82) is 0 Å². The molecule has 0 bridgehead atoms. The van der Waals surface area contributed by atoms with E-state index in [-0.39, 0.29) is 48.7 Å². The Bertz CT molecular complexity index is 897. The second-order valence-corrected chi connectivity index (χ2v) is 7.74. The highest BCUT2D eigenvalue weighted by Crippen LogP contribution is 2.48. The van der Waals surface area contributed by atoms with Crippen molar-refractivity contribution in [2.75, 3.05) is 25.3 Å². The van der Waals surface area contributed by atoms with Crippen molar-refractivity contribution in [1.82, 2.24) is 19.5 Å². The molecule has 0 saturated carbocycles. The summed E-state index contributed by atoms with van der Waals surface area (Å²) in [5.74, 6) is 0.0355. The molecule has 10 nitrogen and oxygen atoms in total. The lowest BCUT2D eigenvalue weighted by atomic mass is 10.2. The van der Waals surface area contributed by atoms with E-state index < -0.39 is 7.60 Å². The van der Waals surface area contributed by atoms with E-state index in [2.05, 4.69) is 15.0 Å². The van der Waals surface area contributed by atoms with Crippen LogP contribution in [0.4, 0.5) is 5.95 Å². The molecule has 0 spiro atoms. The van der Waals surface area contributed by atoms with Gasteiger partial charge in [0.1, 0.15) is 6.35 Å². The fourth-order valence-electron chi connectivity index (χ4n) is 2.86. The summed E-state index contributed by atoms with van der Waals surface area (Å²) in [7, 11) is -3.25. The number of ether oxygens (including phenoxy) is 1. The van der Waals surface area contributed by atoms with Gasteiger partial charge in [0, 0.05) is 6.42 Å². The molecule has 0 aliphatic heterocycles. The lowest BCUT2D eigenvalue weighted by Gasteiger charge is -2.19. The van der Waals surface area contributed by atoms with Crippen molar-refractivity contribution in [3.63, 3.8) is 0 Å². The Labute approximate surface area is 149 Å². The van der Waals surface area contributed by atoms with E-state index in [0.29, 0.717) is 12.1 Å². The third-order valence-electron chi connectivity index (χ3n) is 3.93. The largest absolute Gasteiger partial charge is 0.369 e. The predicted octanol–water partition coefficient (Wildman–Crippen LogP) is 1.81. The molecule has 3 N–H and O–H groups in total.